The predicted molar refractivity (Wildman–Crippen MR) is 70.6 cm³/mol. The van der Waals surface area contributed by atoms with Gasteiger partial charge in [0.2, 0.25) is 0 Å². The molecule has 0 bridgehead atoms. The number of aryl methyl sites for hydroxylation is 1. The van der Waals surface area contributed by atoms with E-state index in [1.807, 2.05) is 19.1 Å². The average molecular weight is 295 g/mol. The van der Waals surface area contributed by atoms with Gasteiger partial charge in [-0.25, -0.2) is 0 Å². The fraction of sp³-hybridized carbons (Fsp3) is 0.385. The Morgan fingerprint density at radius 2 is 2.18 bits per heavy atom. The second-order valence-electron chi connectivity index (χ2n) is 4.64. The molecule has 0 aromatic heterocycles. The van der Waals surface area contributed by atoms with Crippen LogP contribution in [-0.2, 0) is 0 Å². The third-order valence-electron chi connectivity index (χ3n) is 2.41. The van der Waals surface area contributed by atoms with Crippen LogP contribution >= 0.6 is 15.9 Å². The summed E-state index contributed by atoms with van der Waals surface area (Å²) in [5.74, 6) is -0.149. The van der Waals surface area contributed by atoms with E-state index in [2.05, 4.69) is 27.3 Å². The topological polar surface area (TPSA) is 52.9 Å². The molecule has 1 N–H and O–H groups in total. The molecule has 0 heterocycles. The van der Waals surface area contributed by atoms with Crippen molar-refractivity contribution in [2.45, 2.75) is 20.8 Å². The van der Waals surface area contributed by atoms with E-state index in [0.29, 0.717) is 12.1 Å². The summed E-state index contributed by atoms with van der Waals surface area (Å²) < 4.78 is 0.978. The zero-order valence-corrected chi connectivity index (χ0v) is 11.8. The van der Waals surface area contributed by atoms with Crippen molar-refractivity contribution in [2.24, 2.45) is 5.41 Å². The van der Waals surface area contributed by atoms with E-state index >= 15 is 0 Å². The maximum Gasteiger partial charge on any atom is 0.251 e. The molecule has 0 unspecified atom stereocenters. The molecule has 0 aliphatic heterocycles. The Bertz CT molecular complexity index is 475. The van der Waals surface area contributed by atoms with Crippen molar-refractivity contribution in [3.63, 3.8) is 0 Å². The Labute approximate surface area is 110 Å². The van der Waals surface area contributed by atoms with E-state index in [1.165, 1.54) is 0 Å². The van der Waals surface area contributed by atoms with Gasteiger partial charge >= 0.3 is 0 Å². The van der Waals surface area contributed by atoms with Crippen LogP contribution in [0, 0.1) is 23.7 Å². The summed E-state index contributed by atoms with van der Waals surface area (Å²) >= 11 is 3.39. The second-order valence-corrected chi connectivity index (χ2v) is 5.50. The Morgan fingerprint density at radius 1 is 1.53 bits per heavy atom. The van der Waals surface area contributed by atoms with E-state index in [0.717, 1.165) is 10.0 Å². The summed E-state index contributed by atoms with van der Waals surface area (Å²) in [4.78, 5) is 11.8. The summed E-state index contributed by atoms with van der Waals surface area (Å²) in [5.41, 5.74) is 1.08. The molecule has 1 aromatic carbocycles. The van der Waals surface area contributed by atoms with Crippen LogP contribution < -0.4 is 5.32 Å². The van der Waals surface area contributed by atoms with Gasteiger partial charge in [-0.3, -0.25) is 4.79 Å². The average Bonchev–Trinajstić information content (AvgIpc) is 2.30. The number of nitrogens with one attached hydrogen (secondary N) is 1. The molecular formula is C13H15BrN2O. The highest BCUT2D eigenvalue weighted by atomic mass is 79.9. The van der Waals surface area contributed by atoms with E-state index in [4.69, 9.17) is 5.26 Å². The van der Waals surface area contributed by atoms with Gasteiger partial charge < -0.3 is 5.32 Å². The number of rotatable bonds is 3. The number of carbonyl (C=O) groups is 1. The standard InChI is InChI=1S/C13H15BrN2O/c1-9-6-10(4-5-11(9)14)12(17)16-8-13(2,3)7-15/h4-6H,8H2,1-3H3,(H,16,17). The second kappa shape index (κ2) is 5.33. The summed E-state index contributed by atoms with van der Waals surface area (Å²) in [6.45, 7) is 5.86. The Morgan fingerprint density at radius 3 is 2.71 bits per heavy atom. The molecule has 0 aliphatic rings. The fourth-order valence-corrected chi connectivity index (χ4v) is 1.48. The minimum absolute atomic E-state index is 0.149. The van der Waals surface area contributed by atoms with Gasteiger partial charge in [0.1, 0.15) is 0 Å². The lowest BCUT2D eigenvalue weighted by molar-refractivity contribution is 0.0943. The van der Waals surface area contributed by atoms with Crippen molar-refractivity contribution in [3.8, 4) is 6.07 Å². The molecule has 1 amide bonds. The fourth-order valence-electron chi connectivity index (χ4n) is 1.23. The maximum absolute atomic E-state index is 11.8. The van der Waals surface area contributed by atoms with Gasteiger partial charge in [0.25, 0.3) is 5.91 Å². The van der Waals surface area contributed by atoms with E-state index in [1.54, 1.807) is 19.9 Å². The van der Waals surface area contributed by atoms with E-state index in [9.17, 15) is 4.79 Å². The third-order valence-corrected chi connectivity index (χ3v) is 3.30. The highest BCUT2D eigenvalue weighted by Crippen LogP contribution is 2.17. The van der Waals surface area contributed by atoms with E-state index in [-0.39, 0.29) is 5.91 Å². The first-order chi connectivity index (χ1) is 7.85. The smallest absolute Gasteiger partial charge is 0.251 e. The molecule has 0 saturated heterocycles. The minimum atomic E-state index is -0.542. The zero-order valence-electron chi connectivity index (χ0n) is 10.2. The number of nitriles is 1. The zero-order chi connectivity index (χ0) is 13.1. The molecule has 0 radical (unpaired) electrons. The molecule has 4 heteroatoms. The molecular weight excluding hydrogens is 280 g/mol. The van der Waals surface area contributed by atoms with Crippen molar-refractivity contribution in [1.82, 2.24) is 5.32 Å². The lowest BCUT2D eigenvalue weighted by Gasteiger charge is -2.16. The van der Waals surface area contributed by atoms with Gasteiger partial charge in [-0.15, -0.1) is 0 Å². The summed E-state index contributed by atoms with van der Waals surface area (Å²) in [6.07, 6.45) is 0. The first-order valence-corrected chi connectivity index (χ1v) is 6.10. The minimum Gasteiger partial charge on any atom is -0.350 e. The van der Waals surface area contributed by atoms with Crippen molar-refractivity contribution < 1.29 is 4.79 Å². The molecule has 0 fully saturated rings. The van der Waals surface area contributed by atoms with Gasteiger partial charge in [-0.1, -0.05) is 15.9 Å². The first kappa shape index (κ1) is 13.7. The van der Waals surface area contributed by atoms with Crippen molar-refractivity contribution in [2.75, 3.05) is 6.54 Å². The number of benzene rings is 1. The lowest BCUT2D eigenvalue weighted by Crippen LogP contribution is -2.33. The van der Waals surface area contributed by atoms with E-state index < -0.39 is 5.41 Å². The van der Waals surface area contributed by atoms with Gasteiger partial charge in [0.05, 0.1) is 11.5 Å². The molecule has 0 aliphatic carbocycles. The Kier molecular flexibility index (Phi) is 4.30. The number of nitrogens with zero attached hydrogens (tertiary/aromatic N) is 1. The molecule has 0 atom stereocenters. The van der Waals surface area contributed by atoms with Crippen LogP contribution in [0.15, 0.2) is 22.7 Å². The summed E-state index contributed by atoms with van der Waals surface area (Å²) in [6, 6.07) is 7.57. The maximum atomic E-state index is 11.8. The van der Waals surface area contributed by atoms with Crippen LogP contribution in [0.25, 0.3) is 0 Å². The molecule has 1 rings (SSSR count). The molecule has 17 heavy (non-hydrogen) atoms. The summed E-state index contributed by atoms with van der Waals surface area (Å²) in [5, 5.41) is 11.6. The number of halogens is 1. The normalized spacial score (nSPS) is 10.8. The Balaban J connectivity index is 2.72. The number of carbonyl (C=O) groups excluding carboxylic acids is 1. The molecule has 0 spiro atoms. The van der Waals surface area contributed by atoms with Crippen LogP contribution in [-0.4, -0.2) is 12.5 Å². The Hall–Kier alpha value is -1.34. The largest absolute Gasteiger partial charge is 0.350 e. The van der Waals surface area contributed by atoms with Crippen molar-refractivity contribution in [1.29, 1.82) is 5.26 Å². The molecule has 90 valence electrons. The van der Waals surface area contributed by atoms with Gasteiger partial charge in [-0.05, 0) is 44.5 Å². The number of hydrogen-bond acceptors (Lipinski definition) is 2. The quantitative estimate of drug-likeness (QED) is 0.931. The van der Waals surface area contributed by atoms with Crippen LogP contribution in [0.3, 0.4) is 0 Å². The first-order valence-electron chi connectivity index (χ1n) is 5.31. The molecule has 0 saturated carbocycles. The van der Waals surface area contributed by atoms with Gasteiger partial charge in [0, 0.05) is 16.6 Å². The van der Waals surface area contributed by atoms with Crippen LogP contribution in [0.4, 0.5) is 0 Å². The van der Waals surface area contributed by atoms with Gasteiger partial charge in [-0.2, -0.15) is 5.26 Å². The molecule has 3 nitrogen and oxygen atoms in total. The highest BCUT2D eigenvalue weighted by molar-refractivity contribution is 9.10. The summed E-state index contributed by atoms with van der Waals surface area (Å²) in [7, 11) is 0. The highest BCUT2D eigenvalue weighted by Gasteiger charge is 2.18. The monoisotopic (exact) mass is 294 g/mol. The molecule has 1 aromatic rings. The SMILES string of the molecule is Cc1cc(C(=O)NCC(C)(C)C#N)ccc1Br. The third kappa shape index (κ3) is 3.86. The van der Waals surface area contributed by atoms with Crippen LogP contribution in [0.1, 0.15) is 29.8 Å². The lowest BCUT2D eigenvalue weighted by atomic mass is 9.96. The van der Waals surface area contributed by atoms with Gasteiger partial charge in [0.15, 0.2) is 0 Å². The van der Waals surface area contributed by atoms with Crippen LogP contribution in [0.2, 0.25) is 0 Å². The number of hydrogen-bond donors (Lipinski definition) is 1. The van der Waals surface area contributed by atoms with Crippen molar-refractivity contribution >= 4 is 21.8 Å². The number of amides is 1. The van der Waals surface area contributed by atoms with Crippen molar-refractivity contribution in [3.05, 3.63) is 33.8 Å². The predicted octanol–water partition coefficient (Wildman–Crippen LogP) is 3.04. The van der Waals surface area contributed by atoms with Crippen LogP contribution in [0.5, 0.6) is 0 Å².